The van der Waals surface area contributed by atoms with Crippen molar-refractivity contribution < 1.29 is 5.11 Å². The monoisotopic (exact) mass is 265 g/mol. The lowest BCUT2D eigenvalue weighted by Crippen LogP contribution is -2.27. The predicted molar refractivity (Wildman–Crippen MR) is 79.2 cm³/mol. The highest BCUT2D eigenvalue weighted by Gasteiger charge is 2.56. The molecule has 1 fully saturated rings. The Labute approximate surface area is 119 Å². The first-order chi connectivity index (χ1) is 9.70. The Morgan fingerprint density at radius 3 is 2.50 bits per heavy atom. The van der Waals surface area contributed by atoms with E-state index in [-0.39, 0.29) is 6.04 Å². The molecule has 2 aromatic carbocycles. The molecule has 20 heavy (non-hydrogen) atoms. The Kier molecular flexibility index (Phi) is 2.53. The summed E-state index contributed by atoms with van der Waals surface area (Å²) in [4.78, 5) is 0. The van der Waals surface area contributed by atoms with E-state index in [1.54, 1.807) is 0 Å². The van der Waals surface area contributed by atoms with Crippen LogP contribution in [-0.2, 0) is 5.60 Å². The van der Waals surface area contributed by atoms with Crippen molar-refractivity contribution in [3.8, 4) is 0 Å². The molecule has 4 rings (SSSR count). The number of benzene rings is 2. The zero-order chi connectivity index (χ0) is 13.7. The number of hydrogen-bond donors (Lipinski definition) is 2. The van der Waals surface area contributed by atoms with E-state index in [0.29, 0.717) is 18.3 Å². The van der Waals surface area contributed by atoms with Crippen molar-refractivity contribution in [1.82, 2.24) is 0 Å². The Bertz CT molecular complexity index is 639. The van der Waals surface area contributed by atoms with Crippen LogP contribution in [0.15, 0.2) is 54.6 Å². The minimum absolute atomic E-state index is 0.0341. The van der Waals surface area contributed by atoms with E-state index in [1.165, 1.54) is 5.56 Å². The van der Waals surface area contributed by atoms with Gasteiger partial charge in [0.05, 0.1) is 5.60 Å². The fourth-order valence-corrected chi connectivity index (χ4v) is 3.91. The van der Waals surface area contributed by atoms with Gasteiger partial charge in [-0.2, -0.15) is 0 Å². The van der Waals surface area contributed by atoms with Gasteiger partial charge in [0.15, 0.2) is 0 Å². The van der Waals surface area contributed by atoms with E-state index in [1.807, 2.05) is 24.3 Å². The molecule has 2 aromatic rings. The summed E-state index contributed by atoms with van der Waals surface area (Å²) in [6, 6.07) is 18.6. The maximum absolute atomic E-state index is 11.2. The van der Waals surface area contributed by atoms with Crippen LogP contribution in [0.3, 0.4) is 0 Å². The van der Waals surface area contributed by atoms with Crippen LogP contribution in [0, 0.1) is 5.92 Å². The zero-order valence-electron chi connectivity index (χ0n) is 11.4. The van der Waals surface area contributed by atoms with Crippen molar-refractivity contribution in [3.05, 3.63) is 71.3 Å². The van der Waals surface area contributed by atoms with Crippen LogP contribution in [0.4, 0.5) is 0 Å². The van der Waals surface area contributed by atoms with Crippen molar-refractivity contribution >= 4 is 0 Å². The highest BCUT2D eigenvalue weighted by atomic mass is 16.3. The summed E-state index contributed by atoms with van der Waals surface area (Å²) < 4.78 is 0. The molecule has 0 spiro atoms. The smallest absolute Gasteiger partial charge is 0.0951 e. The zero-order valence-corrected chi connectivity index (χ0v) is 11.4. The van der Waals surface area contributed by atoms with Crippen LogP contribution < -0.4 is 5.73 Å². The highest BCUT2D eigenvalue weighted by Crippen LogP contribution is 2.61. The van der Waals surface area contributed by atoms with Gasteiger partial charge in [-0.1, -0.05) is 54.6 Å². The van der Waals surface area contributed by atoms with E-state index < -0.39 is 5.60 Å². The summed E-state index contributed by atoms with van der Waals surface area (Å²) in [5.74, 6) is 0.777. The number of fused-ring (bicyclic) bond motifs is 1. The maximum Gasteiger partial charge on any atom is 0.0951 e. The van der Waals surface area contributed by atoms with Gasteiger partial charge in [0, 0.05) is 6.04 Å². The molecule has 0 amide bonds. The lowest BCUT2D eigenvalue weighted by atomic mass is 9.88. The molecule has 4 unspecified atom stereocenters. The third kappa shape index (κ3) is 1.65. The molecule has 0 bridgehead atoms. The first-order valence-corrected chi connectivity index (χ1v) is 7.32. The maximum atomic E-state index is 11.2. The summed E-state index contributed by atoms with van der Waals surface area (Å²) in [5, 5.41) is 11.2. The molecule has 2 nitrogen and oxygen atoms in total. The molecular formula is C18H19NO. The Morgan fingerprint density at radius 2 is 1.70 bits per heavy atom. The fraction of sp³-hybridized carbons (Fsp3) is 0.333. The van der Waals surface area contributed by atoms with Gasteiger partial charge >= 0.3 is 0 Å². The first kappa shape index (κ1) is 12.1. The fourth-order valence-electron chi connectivity index (χ4n) is 3.91. The van der Waals surface area contributed by atoms with E-state index >= 15 is 0 Å². The second-order valence-corrected chi connectivity index (χ2v) is 6.18. The summed E-state index contributed by atoms with van der Waals surface area (Å²) >= 11 is 0. The summed E-state index contributed by atoms with van der Waals surface area (Å²) in [6.07, 6.45) is 1.71. The van der Waals surface area contributed by atoms with Crippen LogP contribution >= 0.6 is 0 Å². The quantitative estimate of drug-likeness (QED) is 0.876. The lowest BCUT2D eigenvalue weighted by Gasteiger charge is -2.25. The molecule has 1 saturated carbocycles. The third-order valence-electron chi connectivity index (χ3n) is 4.99. The standard InChI is InChI=1S/C18H19NO/c19-17-11-18(20,15-9-5-4-8-13(15)17)16-10-14(16)12-6-2-1-3-7-12/h1-9,14,16-17,20H,10-11,19H2. The van der Waals surface area contributed by atoms with Crippen molar-refractivity contribution in [2.24, 2.45) is 11.7 Å². The van der Waals surface area contributed by atoms with Gasteiger partial charge in [-0.3, -0.25) is 0 Å². The van der Waals surface area contributed by atoms with Crippen LogP contribution in [-0.4, -0.2) is 5.11 Å². The van der Waals surface area contributed by atoms with Gasteiger partial charge in [-0.05, 0) is 41.4 Å². The van der Waals surface area contributed by atoms with Gasteiger partial charge < -0.3 is 10.8 Å². The van der Waals surface area contributed by atoms with Gasteiger partial charge in [0.2, 0.25) is 0 Å². The molecule has 2 heteroatoms. The Hall–Kier alpha value is -1.64. The molecule has 102 valence electrons. The largest absolute Gasteiger partial charge is 0.385 e. The van der Waals surface area contributed by atoms with Gasteiger partial charge in [-0.25, -0.2) is 0 Å². The molecule has 0 heterocycles. The molecule has 3 N–H and O–H groups in total. The molecule has 0 saturated heterocycles. The Morgan fingerprint density at radius 1 is 1.00 bits per heavy atom. The number of aliphatic hydroxyl groups is 1. The first-order valence-electron chi connectivity index (χ1n) is 7.32. The van der Waals surface area contributed by atoms with Crippen molar-refractivity contribution in [2.75, 3.05) is 0 Å². The van der Waals surface area contributed by atoms with Crippen molar-refractivity contribution in [2.45, 2.75) is 30.4 Å². The molecule has 2 aliphatic carbocycles. The Balaban J connectivity index is 1.68. The summed E-state index contributed by atoms with van der Waals surface area (Å²) in [7, 11) is 0. The normalized spacial score (nSPS) is 34.8. The number of hydrogen-bond acceptors (Lipinski definition) is 2. The van der Waals surface area contributed by atoms with Gasteiger partial charge in [0.25, 0.3) is 0 Å². The second-order valence-electron chi connectivity index (χ2n) is 6.18. The number of rotatable bonds is 2. The van der Waals surface area contributed by atoms with Crippen LogP contribution in [0.25, 0.3) is 0 Å². The highest BCUT2D eigenvalue weighted by molar-refractivity contribution is 5.43. The van der Waals surface area contributed by atoms with Crippen LogP contribution in [0.2, 0.25) is 0 Å². The molecule has 0 aliphatic heterocycles. The van der Waals surface area contributed by atoms with Crippen molar-refractivity contribution in [3.63, 3.8) is 0 Å². The SMILES string of the molecule is NC1CC(O)(C2CC2c2ccccc2)c2ccccc21. The van der Waals surface area contributed by atoms with E-state index in [0.717, 1.165) is 17.5 Å². The van der Waals surface area contributed by atoms with Crippen LogP contribution in [0.5, 0.6) is 0 Å². The topological polar surface area (TPSA) is 46.2 Å². The predicted octanol–water partition coefficient (Wildman–Crippen LogP) is 3.08. The summed E-state index contributed by atoms with van der Waals surface area (Å²) in [5.41, 5.74) is 8.98. The minimum atomic E-state index is -0.740. The van der Waals surface area contributed by atoms with Crippen LogP contribution in [0.1, 0.15) is 41.5 Å². The average molecular weight is 265 g/mol. The van der Waals surface area contributed by atoms with Crippen molar-refractivity contribution in [1.29, 1.82) is 0 Å². The third-order valence-corrected chi connectivity index (χ3v) is 4.99. The molecule has 2 aliphatic rings. The number of nitrogens with two attached hydrogens (primary N) is 1. The minimum Gasteiger partial charge on any atom is -0.385 e. The van der Waals surface area contributed by atoms with E-state index in [9.17, 15) is 5.11 Å². The second kappa shape index (κ2) is 4.18. The molecule has 0 aromatic heterocycles. The average Bonchev–Trinajstić information content (AvgIpc) is 3.25. The molecule has 0 radical (unpaired) electrons. The molecule has 4 atom stereocenters. The van der Waals surface area contributed by atoms with Gasteiger partial charge in [0.1, 0.15) is 0 Å². The van der Waals surface area contributed by atoms with E-state index in [2.05, 4.69) is 30.3 Å². The van der Waals surface area contributed by atoms with E-state index in [4.69, 9.17) is 5.73 Å². The van der Waals surface area contributed by atoms with Gasteiger partial charge in [-0.15, -0.1) is 0 Å². The summed E-state index contributed by atoms with van der Waals surface area (Å²) in [6.45, 7) is 0. The lowest BCUT2D eigenvalue weighted by molar-refractivity contribution is 0.00845. The molecular weight excluding hydrogens is 246 g/mol.